The Kier molecular flexibility index (Phi) is 4.66. The Morgan fingerprint density at radius 2 is 2.12 bits per heavy atom. The number of carbonyl (C=O) groups excluding carboxylic acids is 1. The van der Waals surface area contributed by atoms with E-state index in [1.807, 2.05) is 13.8 Å². The van der Waals surface area contributed by atoms with Gasteiger partial charge in [-0.25, -0.2) is 4.39 Å². The molecule has 0 saturated carbocycles. The second-order valence-electron chi connectivity index (χ2n) is 4.90. The molecule has 4 heteroatoms. The number of Topliss-reactive ketones (excluding diaryl/α,β-unsaturated/α-hetero) is 1. The number of ketones is 1. The zero-order chi connectivity index (χ0) is 13.1. The first-order valence-corrected chi connectivity index (χ1v) is 5.91. The molecule has 0 amide bonds. The van der Waals surface area contributed by atoms with Gasteiger partial charge in [0, 0.05) is 29.0 Å². The monoisotopic (exact) mass is 257 g/mol. The molecule has 0 aliphatic carbocycles. The standard InChI is InChI=1S/C13H17ClFNO/c1-13(2,16)7-6-9(17)8-10-11(14)4-3-5-12(10)15/h3-5H,6-8,16H2,1-2H3. The third-order valence-electron chi connectivity index (χ3n) is 2.48. The molecule has 0 saturated heterocycles. The normalized spacial score (nSPS) is 11.6. The van der Waals surface area contributed by atoms with Gasteiger partial charge in [0.15, 0.2) is 0 Å². The zero-order valence-electron chi connectivity index (χ0n) is 10.1. The van der Waals surface area contributed by atoms with Gasteiger partial charge in [-0.3, -0.25) is 4.79 Å². The van der Waals surface area contributed by atoms with Crippen LogP contribution in [0.4, 0.5) is 4.39 Å². The van der Waals surface area contributed by atoms with Gasteiger partial charge in [0.2, 0.25) is 0 Å². The van der Waals surface area contributed by atoms with Gasteiger partial charge >= 0.3 is 0 Å². The second kappa shape index (κ2) is 5.61. The fourth-order valence-corrected chi connectivity index (χ4v) is 1.68. The average molecular weight is 258 g/mol. The second-order valence-corrected chi connectivity index (χ2v) is 5.31. The highest BCUT2D eigenvalue weighted by atomic mass is 35.5. The summed E-state index contributed by atoms with van der Waals surface area (Å²) in [6, 6.07) is 4.41. The van der Waals surface area contributed by atoms with Gasteiger partial charge < -0.3 is 5.73 Å². The first kappa shape index (κ1) is 14.1. The van der Waals surface area contributed by atoms with Crippen molar-refractivity contribution in [3.63, 3.8) is 0 Å². The van der Waals surface area contributed by atoms with Gasteiger partial charge in [-0.2, -0.15) is 0 Å². The lowest BCUT2D eigenvalue weighted by molar-refractivity contribution is -0.118. The lowest BCUT2D eigenvalue weighted by atomic mass is 9.96. The van der Waals surface area contributed by atoms with Gasteiger partial charge in [-0.15, -0.1) is 0 Å². The maximum atomic E-state index is 13.4. The molecule has 0 atom stereocenters. The summed E-state index contributed by atoms with van der Waals surface area (Å²) < 4.78 is 13.4. The molecule has 1 aromatic rings. The molecule has 0 aliphatic rings. The number of hydrogen-bond donors (Lipinski definition) is 1. The van der Waals surface area contributed by atoms with Crippen molar-refractivity contribution in [2.75, 3.05) is 0 Å². The molecule has 1 aromatic carbocycles. The van der Waals surface area contributed by atoms with E-state index in [-0.39, 0.29) is 23.3 Å². The van der Waals surface area contributed by atoms with Gasteiger partial charge in [0.1, 0.15) is 11.6 Å². The zero-order valence-corrected chi connectivity index (χ0v) is 10.9. The van der Waals surface area contributed by atoms with E-state index >= 15 is 0 Å². The van der Waals surface area contributed by atoms with Crippen LogP contribution in [0.1, 0.15) is 32.3 Å². The van der Waals surface area contributed by atoms with Crippen molar-refractivity contribution in [1.29, 1.82) is 0 Å². The molecule has 0 heterocycles. The molecule has 1 rings (SSSR count). The Morgan fingerprint density at radius 3 is 2.65 bits per heavy atom. The molecule has 0 aromatic heterocycles. The van der Waals surface area contributed by atoms with Crippen LogP contribution in [0.5, 0.6) is 0 Å². The topological polar surface area (TPSA) is 43.1 Å². The number of benzene rings is 1. The third-order valence-corrected chi connectivity index (χ3v) is 2.84. The smallest absolute Gasteiger partial charge is 0.137 e. The SMILES string of the molecule is CC(C)(N)CCC(=O)Cc1c(F)cccc1Cl. The van der Waals surface area contributed by atoms with E-state index in [0.29, 0.717) is 17.9 Å². The van der Waals surface area contributed by atoms with Crippen molar-refractivity contribution in [1.82, 2.24) is 0 Å². The van der Waals surface area contributed by atoms with Gasteiger partial charge in [-0.05, 0) is 32.4 Å². The Balaban J connectivity index is 2.63. The summed E-state index contributed by atoms with van der Waals surface area (Å²) in [6.07, 6.45) is 0.952. The molecule has 2 N–H and O–H groups in total. The Labute approximate surface area is 106 Å². The average Bonchev–Trinajstić information content (AvgIpc) is 2.20. The van der Waals surface area contributed by atoms with Crippen molar-refractivity contribution in [2.45, 2.75) is 38.6 Å². The lowest BCUT2D eigenvalue weighted by Crippen LogP contribution is -2.32. The minimum absolute atomic E-state index is 0.0294. The van der Waals surface area contributed by atoms with Crippen molar-refractivity contribution in [3.05, 3.63) is 34.6 Å². The van der Waals surface area contributed by atoms with E-state index in [1.165, 1.54) is 12.1 Å². The maximum absolute atomic E-state index is 13.4. The molecular formula is C13H17ClFNO. The summed E-state index contributed by atoms with van der Waals surface area (Å²) in [6.45, 7) is 3.71. The highest BCUT2D eigenvalue weighted by Crippen LogP contribution is 2.20. The molecule has 0 radical (unpaired) electrons. The van der Waals surface area contributed by atoms with Crippen LogP contribution in [0.25, 0.3) is 0 Å². The third kappa shape index (κ3) is 4.84. The molecule has 0 spiro atoms. The van der Waals surface area contributed by atoms with Crippen LogP contribution < -0.4 is 5.73 Å². The first-order chi connectivity index (χ1) is 7.79. The van der Waals surface area contributed by atoms with E-state index in [2.05, 4.69) is 0 Å². The number of carbonyl (C=O) groups is 1. The molecular weight excluding hydrogens is 241 g/mol. The van der Waals surface area contributed by atoms with E-state index in [9.17, 15) is 9.18 Å². The van der Waals surface area contributed by atoms with Crippen LogP contribution in [0.3, 0.4) is 0 Å². The van der Waals surface area contributed by atoms with E-state index < -0.39 is 5.82 Å². The summed E-state index contributed by atoms with van der Waals surface area (Å²) in [7, 11) is 0. The maximum Gasteiger partial charge on any atom is 0.137 e. The van der Waals surface area contributed by atoms with Gasteiger partial charge in [-0.1, -0.05) is 17.7 Å². The van der Waals surface area contributed by atoms with E-state index in [0.717, 1.165) is 0 Å². The van der Waals surface area contributed by atoms with Crippen molar-refractivity contribution in [3.8, 4) is 0 Å². The molecule has 0 aliphatic heterocycles. The number of halogens is 2. The molecule has 0 fully saturated rings. The largest absolute Gasteiger partial charge is 0.326 e. The van der Waals surface area contributed by atoms with Crippen LogP contribution in [0.15, 0.2) is 18.2 Å². The molecule has 2 nitrogen and oxygen atoms in total. The summed E-state index contributed by atoms with van der Waals surface area (Å²) in [5, 5.41) is 0.297. The van der Waals surface area contributed by atoms with Crippen LogP contribution in [0.2, 0.25) is 5.02 Å². The fraction of sp³-hybridized carbons (Fsp3) is 0.462. The van der Waals surface area contributed by atoms with Crippen molar-refractivity contribution < 1.29 is 9.18 Å². The molecule has 17 heavy (non-hydrogen) atoms. The minimum Gasteiger partial charge on any atom is -0.326 e. The van der Waals surface area contributed by atoms with Gasteiger partial charge in [0.05, 0.1) is 0 Å². The number of nitrogens with two attached hydrogens (primary N) is 1. The van der Waals surface area contributed by atoms with E-state index in [4.69, 9.17) is 17.3 Å². The summed E-state index contributed by atoms with van der Waals surface area (Å²) in [5.74, 6) is -0.478. The van der Waals surface area contributed by atoms with E-state index in [1.54, 1.807) is 6.07 Å². The Hall–Kier alpha value is -0.930. The number of rotatable bonds is 5. The Morgan fingerprint density at radius 1 is 1.47 bits per heavy atom. The summed E-state index contributed by atoms with van der Waals surface area (Å²) in [4.78, 5) is 11.7. The van der Waals surface area contributed by atoms with Crippen molar-refractivity contribution in [2.24, 2.45) is 5.73 Å². The summed E-state index contributed by atoms with van der Waals surface area (Å²) in [5.41, 5.74) is 5.68. The lowest BCUT2D eigenvalue weighted by Gasteiger charge is -2.17. The molecule has 0 bridgehead atoms. The van der Waals surface area contributed by atoms with Crippen LogP contribution in [0, 0.1) is 5.82 Å². The predicted molar refractivity (Wildman–Crippen MR) is 67.6 cm³/mol. The van der Waals surface area contributed by atoms with Crippen LogP contribution in [-0.2, 0) is 11.2 Å². The predicted octanol–water partition coefficient (Wildman–Crippen LogP) is 3.11. The quantitative estimate of drug-likeness (QED) is 0.881. The fourth-order valence-electron chi connectivity index (χ4n) is 1.45. The van der Waals surface area contributed by atoms with Crippen LogP contribution >= 0.6 is 11.6 Å². The van der Waals surface area contributed by atoms with Crippen LogP contribution in [-0.4, -0.2) is 11.3 Å². The minimum atomic E-state index is -0.433. The first-order valence-electron chi connectivity index (χ1n) is 5.53. The Bertz CT molecular complexity index is 392. The molecule has 0 unspecified atom stereocenters. The van der Waals surface area contributed by atoms with Crippen molar-refractivity contribution >= 4 is 17.4 Å². The highest BCUT2D eigenvalue weighted by molar-refractivity contribution is 6.31. The summed E-state index contributed by atoms with van der Waals surface area (Å²) >= 11 is 5.85. The highest BCUT2D eigenvalue weighted by Gasteiger charge is 2.16. The molecule has 94 valence electrons. The van der Waals surface area contributed by atoms with Gasteiger partial charge in [0.25, 0.3) is 0 Å². The number of hydrogen-bond acceptors (Lipinski definition) is 2.